The van der Waals surface area contributed by atoms with E-state index in [0.29, 0.717) is 5.92 Å². The van der Waals surface area contributed by atoms with Gasteiger partial charge < -0.3 is 9.30 Å². The van der Waals surface area contributed by atoms with Crippen molar-refractivity contribution in [3.8, 4) is 0 Å². The van der Waals surface area contributed by atoms with Crippen LogP contribution in [0.5, 0.6) is 0 Å². The van der Waals surface area contributed by atoms with E-state index in [1.165, 1.54) is 23.5 Å². The SMILES string of the molecule is c1csc(CN2Cc3nccn3CC(COCC3CC3)C2)c1. The van der Waals surface area contributed by atoms with Gasteiger partial charge in [-0.15, -0.1) is 11.3 Å². The van der Waals surface area contributed by atoms with E-state index >= 15 is 0 Å². The monoisotopic (exact) mass is 317 g/mol. The Hall–Kier alpha value is -1.17. The van der Waals surface area contributed by atoms with E-state index in [2.05, 4.69) is 38.2 Å². The van der Waals surface area contributed by atoms with Gasteiger partial charge in [0.15, 0.2) is 0 Å². The summed E-state index contributed by atoms with van der Waals surface area (Å²) >= 11 is 1.84. The fourth-order valence-electron chi connectivity index (χ4n) is 3.16. The van der Waals surface area contributed by atoms with Crippen LogP contribution in [0.4, 0.5) is 0 Å². The fourth-order valence-corrected chi connectivity index (χ4v) is 3.90. The van der Waals surface area contributed by atoms with Crippen LogP contribution in [0.25, 0.3) is 0 Å². The Kier molecular flexibility index (Phi) is 4.28. The second-order valence-electron chi connectivity index (χ2n) is 6.59. The lowest BCUT2D eigenvalue weighted by Crippen LogP contribution is -2.30. The zero-order valence-corrected chi connectivity index (χ0v) is 13.7. The molecule has 2 aromatic heterocycles. The maximum Gasteiger partial charge on any atom is 0.122 e. The molecule has 1 atom stereocenters. The maximum atomic E-state index is 5.97. The fraction of sp³-hybridized carbons (Fsp3) is 0.588. The highest BCUT2D eigenvalue weighted by Gasteiger charge is 2.25. The van der Waals surface area contributed by atoms with Crippen LogP contribution in [-0.4, -0.2) is 34.2 Å². The maximum absolute atomic E-state index is 5.97. The van der Waals surface area contributed by atoms with Gasteiger partial charge in [0.1, 0.15) is 5.82 Å². The van der Waals surface area contributed by atoms with Crippen LogP contribution in [0.1, 0.15) is 23.5 Å². The van der Waals surface area contributed by atoms with Crippen molar-refractivity contribution in [1.82, 2.24) is 14.5 Å². The third-order valence-electron chi connectivity index (χ3n) is 4.50. The van der Waals surface area contributed by atoms with E-state index in [0.717, 1.165) is 45.3 Å². The summed E-state index contributed by atoms with van der Waals surface area (Å²) in [7, 11) is 0. The molecular weight excluding hydrogens is 294 g/mol. The van der Waals surface area contributed by atoms with Crippen LogP contribution in [0.15, 0.2) is 29.9 Å². The minimum atomic E-state index is 0.550. The zero-order chi connectivity index (χ0) is 14.8. The third kappa shape index (κ3) is 3.59. The lowest BCUT2D eigenvalue weighted by Gasteiger charge is -2.23. The van der Waals surface area contributed by atoms with Crippen LogP contribution in [0, 0.1) is 11.8 Å². The molecule has 4 nitrogen and oxygen atoms in total. The normalized spacial score (nSPS) is 22.5. The van der Waals surface area contributed by atoms with Gasteiger partial charge in [0.2, 0.25) is 0 Å². The Bertz CT molecular complexity index is 591. The van der Waals surface area contributed by atoms with Crippen molar-refractivity contribution in [1.29, 1.82) is 0 Å². The summed E-state index contributed by atoms with van der Waals surface area (Å²) in [6, 6.07) is 4.36. The van der Waals surface area contributed by atoms with Crippen molar-refractivity contribution in [2.24, 2.45) is 11.8 Å². The standard InChI is InChI=1S/C17H23N3OS/c1-2-16(22-7-1)10-19-8-15(13-21-12-14-3-4-14)9-20-6-5-18-17(20)11-19/h1-2,5-7,14-15H,3-4,8-13H2. The van der Waals surface area contributed by atoms with E-state index in [1.807, 2.05) is 17.5 Å². The second-order valence-corrected chi connectivity index (χ2v) is 7.62. The first-order chi connectivity index (χ1) is 10.9. The van der Waals surface area contributed by atoms with Gasteiger partial charge in [-0.1, -0.05) is 6.07 Å². The summed E-state index contributed by atoms with van der Waals surface area (Å²) in [6.07, 6.45) is 6.76. The van der Waals surface area contributed by atoms with Crippen molar-refractivity contribution in [3.05, 3.63) is 40.6 Å². The summed E-state index contributed by atoms with van der Waals surface area (Å²) in [4.78, 5) is 8.48. The molecule has 1 aliphatic carbocycles. The van der Waals surface area contributed by atoms with Crippen LogP contribution >= 0.6 is 11.3 Å². The molecule has 1 unspecified atom stereocenters. The van der Waals surface area contributed by atoms with Gasteiger partial charge >= 0.3 is 0 Å². The molecule has 4 rings (SSSR count). The van der Waals surface area contributed by atoms with Crippen molar-refractivity contribution in [3.63, 3.8) is 0 Å². The van der Waals surface area contributed by atoms with Gasteiger partial charge in [-0.3, -0.25) is 4.90 Å². The largest absolute Gasteiger partial charge is 0.381 e. The van der Waals surface area contributed by atoms with Gasteiger partial charge in [0.25, 0.3) is 0 Å². The average molecular weight is 317 g/mol. The van der Waals surface area contributed by atoms with E-state index in [4.69, 9.17) is 4.74 Å². The Balaban J connectivity index is 1.42. The number of imidazole rings is 1. The number of ether oxygens (including phenoxy) is 1. The summed E-state index contributed by atoms with van der Waals surface area (Å²) < 4.78 is 8.28. The third-order valence-corrected chi connectivity index (χ3v) is 5.36. The second kappa shape index (κ2) is 6.52. The van der Waals surface area contributed by atoms with Crippen molar-refractivity contribution in [2.75, 3.05) is 19.8 Å². The molecule has 1 fully saturated rings. The predicted molar refractivity (Wildman–Crippen MR) is 87.7 cm³/mol. The summed E-state index contributed by atoms with van der Waals surface area (Å²) in [5.74, 6) is 2.58. The molecule has 2 aliphatic rings. The summed E-state index contributed by atoms with van der Waals surface area (Å²) in [6.45, 7) is 5.90. The topological polar surface area (TPSA) is 30.3 Å². The molecule has 0 saturated heterocycles. The Morgan fingerprint density at radius 2 is 2.14 bits per heavy atom. The first-order valence-electron chi connectivity index (χ1n) is 8.19. The zero-order valence-electron chi connectivity index (χ0n) is 12.9. The summed E-state index contributed by atoms with van der Waals surface area (Å²) in [5.41, 5.74) is 0. The number of thiophene rings is 1. The number of hydrogen-bond donors (Lipinski definition) is 0. The molecule has 5 heteroatoms. The molecule has 0 radical (unpaired) electrons. The molecule has 0 spiro atoms. The molecule has 0 N–H and O–H groups in total. The van der Waals surface area contributed by atoms with Crippen molar-refractivity contribution >= 4 is 11.3 Å². The van der Waals surface area contributed by atoms with E-state index in [1.54, 1.807) is 0 Å². The predicted octanol–water partition coefficient (Wildman–Crippen LogP) is 3.00. The van der Waals surface area contributed by atoms with Crippen LogP contribution in [0.2, 0.25) is 0 Å². The Morgan fingerprint density at radius 3 is 2.95 bits per heavy atom. The number of fused-ring (bicyclic) bond motifs is 1. The minimum absolute atomic E-state index is 0.550. The molecule has 1 saturated carbocycles. The van der Waals surface area contributed by atoms with Crippen LogP contribution in [-0.2, 0) is 24.4 Å². The number of nitrogens with zero attached hydrogens (tertiary/aromatic N) is 3. The lowest BCUT2D eigenvalue weighted by atomic mass is 10.1. The number of aromatic nitrogens is 2. The summed E-state index contributed by atoms with van der Waals surface area (Å²) in [5, 5.41) is 2.16. The average Bonchev–Trinajstić information content (AvgIpc) is 3.06. The van der Waals surface area contributed by atoms with Gasteiger partial charge in [-0.2, -0.15) is 0 Å². The number of rotatable bonds is 6. The molecule has 0 aromatic carbocycles. The first kappa shape index (κ1) is 14.4. The van der Waals surface area contributed by atoms with E-state index < -0.39 is 0 Å². The smallest absolute Gasteiger partial charge is 0.122 e. The van der Waals surface area contributed by atoms with Crippen LogP contribution < -0.4 is 0 Å². The van der Waals surface area contributed by atoms with Crippen LogP contribution in [0.3, 0.4) is 0 Å². The van der Waals surface area contributed by atoms with Gasteiger partial charge in [0.05, 0.1) is 13.2 Å². The molecule has 22 heavy (non-hydrogen) atoms. The molecule has 0 bridgehead atoms. The minimum Gasteiger partial charge on any atom is -0.381 e. The molecule has 2 aromatic rings. The molecule has 1 aliphatic heterocycles. The van der Waals surface area contributed by atoms with Gasteiger partial charge in [-0.25, -0.2) is 4.98 Å². The highest BCUT2D eigenvalue weighted by molar-refractivity contribution is 7.09. The first-order valence-corrected chi connectivity index (χ1v) is 9.07. The highest BCUT2D eigenvalue weighted by atomic mass is 32.1. The Morgan fingerprint density at radius 1 is 1.23 bits per heavy atom. The molecular formula is C17H23N3OS. The van der Waals surface area contributed by atoms with Gasteiger partial charge in [0, 0.05) is 49.4 Å². The quantitative estimate of drug-likeness (QED) is 0.820. The lowest BCUT2D eigenvalue weighted by molar-refractivity contribution is 0.0707. The number of hydrogen-bond acceptors (Lipinski definition) is 4. The highest BCUT2D eigenvalue weighted by Crippen LogP contribution is 2.29. The molecule has 0 amide bonds. The van der Waals surface area contributed by atoms with E-state index in [-0.39, 0.29) is 0 Å². The van der Waals surface area contributed by atoms with E-state index in [9.17, 15) is 0 Å². The Labute approximate surface area is 135 Å². The molecule has 118 valence electrons. The van der Waals surface area contributed by atoms with Gasteiger partial charge in [-0.05, 0) is 30.2 Å². The van der Waals surface area contributed by atoms with Crippen molar-refractivity contribution < 1.29 is 4.74 Å². The molecule has 3 heterocycles. The van der Waals surface area contributed by atoms with Crippen molar-refractivity contribution in [2.45, 2.75) is 32.5 Å².